The van der Waals surface area contributed by atoms with Gasteiger partial charge in [0.1, 0.15) is 0 Å². The first-order valence-electron chi connectivity index (χ1n) is 8.43. The molecule has 25 heavy (non-hydrogen) atoms. The van der Waals surface area contributed by atoms with E-state index in [2.05, 4.69) is 90.8 Å². The number of nitrogens with zero attached hydrogens (tertiary/aromatic N) is 4. The fourth-order valence-corrected chi connectivity index (χ4v) is 3.72. The maximum atomic E-state index is 4.34. The number of rotatable bonds is 5. The molecule has 0 bridgehead atoms. The Hall–Kier alpha value is -1.28. The average molecular weight is 468 g/mol. The summed E-state index contributed by atoms with van der Waals surface area (Å²) in [6.45, 7) is 10.3. The van der Waals surface area contributed by atoms with Crippen molar-refractivity contribution in [1.29, 1.82) is 0 Å². The topological polar surface area (TPSA) is 35.6 Å². The van der Waals surface area contributed by atoms with Gasteiger partial charge in [-0.05, 0) is 55.8 Å². The molecule has 0 atom stereocenters. The molecule has 0 spiro atoms. The molecule has 2 heterocycles. The Morgan fingerprint density at radius 1 is 0.920 bits per heavy atom. The van der Waals surface area contributed by atoms with Crippen molar-refractivity contribution < 1.29 is 0 Å². The van der Waals surface area contributed by atoms with E-state index in [1.165, 1.54) is 25.4 Å². The van der Waals surface area contributed by atoms with Gasteiger partial charge in [-0.3, -0.25) is 9.36 Å². The summed E-state index contributed by atoms with van der Waals surface area (Å²) >= 11 is 4.14. The summed E-state index contributed by atoms with van der Waals surface area (Å²) in [7, 11) is 0. The van der Waals surface area contributed by atoms with E-state index in [1.807, 2.05) is 33.5 Å². The van der Waals surface area contributed by atoms with E-state index in [4.69, 9.17) is 0 Å². The van der Waals surface area contributed by atoms with Gasteiger partial charge in [-0.2, -0.15) is 10.2 Å². The molecule has 0 aliphatic carbocycles. The van der Waals surface area contributed by atoms with Crippen LogP contribution < -0.4 is 0 Å². The molecule has 3 rings (SSSR count). The minimum Gasteiger partial charge on any atom is -0.269 e. The molecule has 2 aromatic heterocycles. The van der Waals surface area contributed by atoms with Crippen LogP contribution in [-0.2, 0) is 18.8 Å². The molecule has 0 N–H and O–H groups in total. The maximum absolute atomic E-state index is 4.34. The molecule has 0 fully saturated rings. The van der Waals surface area contributed by atoms with Gasteiger partial charge in [0.2, 0.25) is 0 Å². The summed E-state index contributed by atoms with van der Waals surface area (Å²) in [4.78, 5) is 1.28. The Kier molecular flexibility index (Phi) is 8.02. The number of halogens is 1. The molecule has 0 aliphatic heterocycles. The van der Waals surface area contributed by atoms with E-state index in [1.54, 1.807) is 0 Å². The van der Waals surface area contributed by atoms with Crippen LogP contribution in [0.2, 0.25) is 0 Å². The largest absolute Gasteiger partial charge is 0.269 e. The average Bonchev–Trinajstić information content (AvgIpc) is 3.16. The van der Waals surface area contributed by atoms with Crippen LogP contribution in [0.4, 0.5) is 0 Å². The number of thioether (sulfide) groups is 1. The summed E-state index contributed by atoms with van der Waals surface area (Å²) in [6, 6.07) is 10.5. The predicted molar refractivity (Wildman–Crippen MR) is 114 cm³/mol. The summed E-state index contributed by atoms with van der Waals surface area (Å²) in [6.07, 6.45) is 3.85. The fourth-order valence-electron chi connectivity index (χ4n) is 2.37. The summed E-state index contributed by atoms with van der Waals surface area (Å²) in [5, 5.41) is 8.49. The summed E-state index contributed by atoms with van der Waals surface area (Å²) < 4.78 is 5.27. The molecule has 0 amide bonds. The molecule has 4 nitrogen and oxygen atoms in total. The van der Waals surface area contributed by atoms with Gasteiger partial charge in [0.25, 0.3) is 0 Å². The fraction of sp³-hybridized carbons (Fsp3) is 0.368. The third-order valence-electron chi connectivity index (χ3n) is 3.94. The zero-order valence-corrected chi connectivity index (χ0v) is 18.2. The first kappa shape index (κ1) is 20.0. The molecular formula is C19H25IN4S. The van der Waals surface area contributed by atoms with E-state index >= 15 is 0 Å². The molecule has 1 aromatic carbocycles. The van der Waals surface area contributed by atoms with Gasteiger partial charge in [0.05, 0.1) is 16.0 Å². The third-order valence-corrected chi connectivity index (χ3v) is 6.19. The number of hydrogen-bond acceptors (Lipinski definition) is 3. The van der Waals surface area contributed by atoms with E-state index in [0.29, 0.717) is 0 Å². The van der Waals surface area contributed by atoms with Crippen LogP contribution in [0.3, 0.4) is 0 Å². The van der Waals surface area contributed by atoms with E-state index in [9.17, 15) is 0 Å². The normalized spacial score (nSPS) is 10.4. The molecule has 0 unspecified atom stereocenters. The molecule has 6 heteroatoms. The minimum atomic E-state index is 0.942. The number of benzene rings is 1. The lowest BCUT2D eigenvalue weighted by atomic mass is 10.2. The number of aryl methyl sites for hydroxylation is 2. The Balaban J connectivity index is 0.000000212. The Labute approximate surface area is 168 Å². The minimum absolute atomic E-state index is 0.942. The van der Waals surface area contributed by atoms with Gasteiger partial charge in [-0.15, -0.1) is 11.8 Å². The van der Waals surface area contributed by atoms with Gasteiger partial charge < -0.3 is 0 Å². The summed E-state index contributed by atoms with van der Waals surface area (Å²) in [5.74, 6) is 1.01. The quantitative estimate of drug-likeness (QED) is 0.376. The lowest BCUT2D eigenvalue weighted by Gasteiger charge is -2.02. The second-order valence-corrected chi connectivity index (χ2v) is 7.76. The van der Waals surface area contributed by atoms with Crippen LogP contribution >= 0.6 is 34.4 Å². The van der Waals surface area contributed by atoms with E-state index < -0.39 is 0 Å². The monoisotopic (exact) mass is 468 g/mol. The van der Waals surface area contributed by atoms with Crippen LogP contribution in [0.25, 0.3) is 0 Å². The van der Waals surface area contributed by atoms with E-state index in [0.717, 1.165) is 18.8 Å². The molecule has 134 valence electrons. The van der Waals surface area contributed by atoms with Crippen LogP contribution in [0.5, 0.6) is 0 Å². The molecular weight excluding hydrogens is 443 g/mol. The Bertz CT molecular complexity index is 780. The zero-order valence-electron chi connectivity index (χ0n) is 15.2. The molecule has 0 radical (unpaired) electrons. The van der Waals surface area contributed by atoms with E-state index in [-0.39, 0.29) is 0 Å². The summed E-state index contributed by atoms with van der Waals surface area (Å²) in [5.41, 5.74) is 3.89. The molecule has 3 aromatic rings. The van der Waals surface area contributed by atoms with Gasteiger partial charge in [0, 0.05) is 35.1 Å². The first-order chi connectivity index (χ1) is 12.1. The van der Waals surface area contributed by atoms with Crippen molar-refractivity contribution in [3.63, 3.8) is 0 Å². The Morgan fingerprint density at radius 3 is 2.00 bits per heavy atom. The number of aromatic nitrogens is 4. The highest BCUT2D eigenvalue weighted by Gasteiger charge is 2.05. The predicted octanol–water partition coefficient (Wildman–Crippen LogP) is 5.32. The van der Waals surface area contributed by atoms with Crippen molar-refractivity contribution >= 4 is 34.4 Å². The highest BCUT2D eigenvalue weighted by atomic mass is 127. The van der Waals surface area contributed by atoms with Crippen molar-refractivity contribution in [3.8, 4) is 0 Å². The van der Waals surface area contributed by atoms with Crippen molar-refractivity contribution in [3.05, 3.63) is 63.2 Å². The van der Waals surface area contributed by atoms with Crippen LogP contribution in [-0.4, -0.2) is 19.6 Å². The SMILES string of the molecule is CCn1ncc(I)c1C.CCn1ncc(SCc2ccccc2)c1C. The molecule has 0 aliphatic rings. The maximum Gasteiger partial charge on any atom is 0.0628 e. The standard InChI is InChI=1S/C13H16N2S.C6H9IN2/c1-3-15-11(2)13(9-14-15)16-10-12-7-5-4-6-8-12;1-3-9-5(2)6(7)4-8-9/h4-9H,3,10H2,1-2H3;4H,3H2,1-2H3. The van der Waals surface area contributed by atoms with Crippen molar-refractivity contribution in [2.24, 2.45) is 0 Å². The highest BCUT2D eigenvalue weighted by molar-refractivity contribution is 14.1. The van der Waals surface area contributed by atoms with Gasteiger partial charge in [-0.25, -0.2) is 0 Å². The third kappa shape index (κ3) is 5.60. The zero-order chi connectivity index (χ0) is 18.2. The van der Waals surface area contributed by atoms with Crippen molar-refractivity contribution in [1.82, 2.24) is 19.6 Å². The van der Waals surface area contributed by atoms with Crippen molar-refractivity contribution in [2.75, 3.05) is 0 Å². The lowest BCUT2D eigenvalue weighted by Crippen LogP contribution is -1.98. The highest BCUT2D eigenvalue weighted by Crippen LogP contribution is 2.25. The molecule has 0 saturated heterocycles. The van der Waals surface area contributed by atoms with Gasteiger partial charge >= 0.3 is 0 Å². The molecule has 0 saturated carbocycles. The smallest absolute Gasteiger partial charge is 0.0628 e. The second-order valence-electron chi connectivity index (χ2n) is 5.58. The van der Waals surface area contributed by atoms with Gasteiger partial charge in [0.15, 0.2) is 0 Å². The van der Waals surface area contributed by atoms with Gasteiger partial charge in [-0.1, -0.05) is 30.3 Å². The van der Waals surface area contributed by atoms with Crippen LogP contribution in [0, 0.1) is 17.4 Å². The van der Waals surface area contributed by atoms with Crippen LogP contribution in [0.1, 0.15) is 30.8 Å². The second kappa shape index (κ2) is 10.0. The van der Waals surface area contributed by atoms with Crippen LogP contribution in [0.15, 0.2) is 47.6 Å². The lowest BCUT2D eigenvalue weighted by molar-refractivity contribution is 0.637. The van der Waals surface area contributed by atoms with Crippen molar-refractivity contribution in [2.45, 2.75) is 51.4 Å². The first-order valence-corrected chi connectivity index (χ1v) is 10.5. The Morgan fingerprint density at radius 2 is 1.52 bits per heavy atom. The number of hydrogen-bond donors (Lipinski definition) is 0.